The highest BCUT2D eigenvalue weighted by molar-refractivity contribution is 5.67. The largest absolute Gasteiger partial charge is 0.465 e. The molecule has 2 heterocycles. The predicted octanol–water partition coefficient (Wildman–Crippen LogP) is 1.52. The van der Waals surface area contributed by atoms with Crippen LogP contribution in [0.3, 0.4) is 0 Å². The van der Waals surface area contributed by atoms with Crippen LogP contribution in [0.15, 0.2) is 18.2 Å². The number of hydrogen-bond acceptors (Lipinski definition) is 3. The van der Waals surface area contributed by atoms with E-state index in [1.54, 1.807) is 7.11 Å². The molecule has 0 radical (unpaired) electrons. The van der Waals surface area contributed by atoms with E-state index in [1.165, 1.54) is 4.90 Å². The molecule has 0 bridgehead atoms. The Hall–Kier alpha value is -1.75. The molecule has 0 spiro atoms. The molecule has 1 saturated heterocycles. The van der Waals surface area contributed by atoms with Crippen LogP contribution < -0.4 is 4.90 Å². The van der Waals surface area contributed by atoms with Crippen LogP contribution in [-0.4, -0.2) is 42.4 Å². The maximum absolute atomic E-state index is 10.9. The van der Waals surface area contributed by atoms with Crippen molar-refractivity contribution in [1.29, 1.82) is 0 Å². The minimum absolute atomic E-state index is 0.328. The summed E-state index contributed by atoms with van der Waals surface area (Å²) in [5.41, 5.74) is 3.40. The van der Waals surface area contributed by atoms with Crippen LogP contribution in [0.4, 0.5) is 10.5 Å². The normalized spacial score (nSPS) is 18.7. The van der Waals surface area contributed by atoms with E-state index in [4.69, 9.17) is 9.84 Å². The number of carboxylic acid groups (broad SMARTS) is 1. The van der Waals surface area contributed by atoms with Gasteiger partial charge >= 0.3 is 6.09 Å². The lowest BCUT2D eigenvalue weighted by molar-refractivity contribution is 0.0787. The summed E-state index contributed by atoms with van der Waals surface area (Å²) in [6, 6.07) is 6.20. The Labute approximate surface area is 106 Å². The summed E-state index contributed by atoms with van der Waals surface area (Å²) in [7, 11) is 1.73. The highest BCUT2D eigenvalue weighted by Gasteiger charge is 2.28. The van der Waals surface area contributed by atoms with Crippen molar-refractivity contribution in [3.05, 3.63) is 29.3 Å². The molecule has 1 aromatic rings. The number of hydrogen-bond donors (Lipinski definition) is 1. The van der Waals surface area contributed by atoms with E-state index in [9.17, 15) is 4.79 Å². The van der Waals surface area contributed by atoms with Gasteiger partial charge in [-0.15, -0.1) is 0 Å². The molecule has 1 aromatic carbocycles. The number of rotatable bonds is 2. The van der Waals surface area contributed by atoms with Crippen LogP contribution in [-0.2, 0) is 17.8 Å². The maximum atomic E-state index is 10.9. The fraction of sp³-hybridized carbons (Fsp3) is 0.462. The van der Waals surface area contributed by atoms with Gasteiger partial charge in [-0.2, -0.15) is 0 Å². The molecule has 18 heavy (non-hydrogen) atoms. The number of amides is 1. The van der Waals surface area contributed by atoms with Crippen molar-refractivity contribution < 1.29 is 14.6 Å². The van der Waals surface area contributed by atoms with Crippen molar-refractivity contribution in [3.63, 3.8) is 0 Å². The molecule has 96 valence electrons. The van der Waals surface area contributed by atoms with E-state index in [-0.39, 0.29) is 0 Å². The second-order valence-electron chi connectivity index (χ2n) is 4.85. The van der Waals surface area contributed by atoms with Gasteiger partial charge in [0, 0.05) is 39.0 Å². The van der Waals surface area contributed by atoms with Gasteiger partial charge < -0.3 is 14.7 Å². The Bertz CT molecular complexity index is 483. The van der Waals surface area contributed by atoms with Gasteiger partial charge in [-0.1, -0.05) is 6.07 Å². The first-order chi connectivity index (χ1) is 8.67. The number of nitrogens with zero attached hydrogens (tertiary/aromatic N) is 2. The van der Waals surface area contributed by atoms with Crippen LogP contribution in [0.2, 0.25) is 0 Å². The molecule has 5 nitrogen and oxygen atoms in total. The van der Waals surface area contributed by atoms with Crippen LogP contribution in [0.25, 0.3) is 0 Å². The average molecular weight is 248 g/mol. The summed E-state index contributed by atoms with van der Waals surface area (Å²) < 4.78 is 5.25. The SMILES string of the molecule is COC1CN(c2ccc3c(c2)CN(C(=O)O)C3)C1. The van der Waals surface area contributed by atoms with E-state index in [2.05, 4.69) is 17.0 Å². The molecular formula is C13H16N2O3. The second kappa shape index (κ2) is 4.17. The van der Waals surface area contributed by atoms with E-state index in [0.717, 1.165) is 29.9 Å². The summed E-state index contributed by atoms with van der Waals surface area (Å²) >= 11 is 0. The summed E-state index contributed by atoms with van der Waals surface area (Å²) in [4.78, 5) is 14.6. The fourth-order valence-corrected chi connectivity index (χ4v) is 2.51. The third kappa shape index (κ3) is 1.80. The highest BCUT2D eigenvalue weighted by atomic mass is 16.5. The molecule has 0 aromatic heterocycles. The molecule has 2 aliphatic heterocycles. The zero-order valence-electron chi connectivity index (χ0n) is 10.3. The minimum atomic E-state index is -0.851. The minimum Gasteiger partial charge on any atom is -0.465 e. The van der Waals surface area contributed by atoms with Crippen molar-refractivity contribution in [1.82, 2.24) is 4.90 Å². The molecule has 5 heteroatoms. The van der Waals surface area contributed by atoms with Crippen molar-refractivity contribution in [2.45, 2.75) is 19.2 Å². The first kappa shape index (κ1) is 11.3. The van der Waals surface area contributed by atoms with Gasteiger partial charge in [0.05, 0.1) is 6.10 Å². The lowest BCUT2D eigenvalue weighted by atomic mass is 10.1. The number of fused-ring (bicyclic) bond motifs is 1. The summed E-state index contributed by atoms with van der Waals surface area (Å²) in [6.45, 7) is 2.83. The predicted molar refractivity (Wildman–Crippen MR) is 66.7 cm³/mol. The highest BCUT2D eigenvalue weighted by Crippen LogP contribution is 2.29. The molecule has 1 fully saturated rings. The Kier molecular flexibility index (Phi) is 2.63. The maximum Gasteiger partial charge on any atom is 0.407 e. The van der Waals surface area contributed by atoms with Crippen molar-refractivity contribution in [3.8, 4) is 0 Å². The summed E-state index contributed by atoms with van der Waals surface area (Å²) in [6.07, 6.45) is -0.523. The van der Waals surface area contributed by atoms with Crippen LogP contribution in [0.1, 0.15) is 11.1 Å². The molecule has 3 rings (SSSR count). The van der Waals surface area contributed by atoms with Crippen LogP contribution in [0.5, 0.6) is 0 Å². The van der Waals surface area contributed by atoms with Gasteiger partial charge in [-0.3, -0.25) is 4.90 Å². The third-order valence-corrected chi connectivity index (χ3v) is 3.73. The van der Waals surface area contributed by atoms with Gasteiger partial charge in [0.1, 0.15) is 0 Å². The lowest BCUT2D eigenvalue weighted by Gasteiger charge is -2.40. The molecule has 1 N–H and O–H groups in total. The smallest absolute Gasteiger partial charge is 0.407 e. The number of anilines is 1. The molecule has 1 amide bonds. The van der Waals surface area contributed by atoms with Crippen LogP contribution in [0, 0.1) is 0 Å². The molecule has 0 aliphatic carbocycles. The van der Waals surface area contributed by atoms with Crippen molar-refractivity contribution >= 4 is 11.8 Å². The quantitative estimate of drug-likeness (QED) is 0.862. The standard InChI is InChI=1S/C13H16N2O3/c1-18-12-7-14(8-12)11-3-2-9-5-15(13(16)17)6-10(9)4-11/h2-4,12H,5-8H2,1H3,(H,16,17). The van der Waals surface area contributed by atoms with E-state index < -0.39 is 6.09 Å². The number of benzene rings is 1. The number of ether oxygens (including phenoxy) is 1. The van der Waals surface area contributed by atoms with E-state index in [0.29, 0.717) is 19.2 Å². The zero-order valence-corrected chi connectivity index (χ0v) is 10.3. The Morgan fingerprint density at radius 1 is 1.33 bits per heavy atom. The molecule has 0 atom stereocenters. The monoisotopic (exact) mass is 248 g/mol. The van der Waals surface area contributed by atoms with Crippen molar-refractivity contribution in [2.24, 2.45) is 0 Å². The number of carbonyl (C=O) groups is 1. The Morgan fingerprint density at radius 3 is 2.72 bits per heavy atom. The molecule has 0 saturated carbocycles. The Balaban J connectivity index is 1.74. The average Bonchev–Trinajstić information content (AvgIpc) is 2.70. The Morgan fingerprint density at radius 2 is 2.06 bits per heavy atom. The van der Waals surface area contributed by atoms with Crippen LogP contribution >= 0.6 is 0 Å². The first-order valence-electron chi connectivity index (χ1n) is 6.05. The first-order valence-corrected chi connectivity index (χ1v) is 6.05. The van der Waals surface area contributed by atoms with Gasteiger partial charge in [0.25, 0.3) is 0 Å². The third-order valence-electron chi connectivity index (χ3n) is 3.73. The van der Waals surface area contributed by atoms with Crippen molar-refractivity contribution in [2.75, 3.05) is 25.1 Å². The fourth-order valence-electron chi connectivity index (χ4n) is 2.51. The lowest BCUT2D eigenvalue weighted by Crippen LogP contribution is -2.51. The summed E-state index contributed by atoms with van der Waals surface area (Å²) in [5, 5.41) is 8.99. The molecular weight excluding hydrogens is 232 g/mol. The van der Waals surface area contributed by atoms with E-state index >= 15 is 0 Å². The molecule has 2 aliphatic rings. The topological polar surface area (TPSA) is 53.0 Å². The molecule has 0 unspecified atom stereocenters. The van der Waals surface area contributed by atoms with Gasteiger partial charge in [0.2, 0.25) is 0 Å². The number of methoxy groups -OCH3 is 1. The van der Waals surface area contributed by atoms with Gasteiger partial charge in [-0.25, -0.2) is 4.79 Å². The van der Waals surface area contributed by atoms with Gasteiger partial charge in [-0.05, 0) is 23.3 Å². The second-order valence-corrected chi connectivity index (χ2v) is 4.85. The van der Waals surface area contributed by atoms with Gasteiger partial charge in [0.15, 0.2) is 0 Å². The van der Waals surface area contributed by atoms with E-state index in [1.807, 2.05) is 6.07 Å². The zero-order chi connectivity index (χ0) is 12.7. The summed E-state index contributed by atoms with van der Waals surface area (Å²) in [5.74, 6) is 0.